The Morgan fingerprint density at radius 1 is 0.338 bits per heavy atom. The fourth-order valence-electron chi connectivity index (χ4n) is 11.2. The Bertz CT molecular complexity index is 3930. The minimum absolute atomic E-state index is 0. The molecule has 0 saturated heterocycles. The summed E-state index contributed by atoms with van der Waals surface area (Å²) < 4.78 is 4.28. The van der Waals surface area contributed by atoms with Gasteiger partial charge >= 0.3 is 20.1 Å². The normalized spacial score (nSPS) is 12.5. The zero-order valence-corrected chi connectivity index (χ0v) is 44.4. The summed E-state index contributed by atoms with van der Waals surface area (Å²) in [6.45, 7) is 0. The van der Waals surface area contributed by atoms with Gasteiger partial charge < -0.3 is 24.1 Å². The quantitative estimate of drug-likeness (QED) is 0.121. The van der Waals surface area contributed by atoms with Gasteiger partial charge in [-0.25, -0.2) is 9.97 Å². The first kappa shape index (κ1) is 47.8. The van der Waals surface area contributed by atoms with Gasteiger partial charge in [-0.2, -0.15) is 0 Å². The molecule has 0 amide bonds. The predicted octanol–water partition coefficient (Wildman–Crippen LogP) is 15.6. The maximum atomic E-state index is 5.07. The van der Waals surface area contributed by atoms with Crippen LogP contribution in [0.1, 0.15) is 35.1 Å². The molecule has 7 aromatic carbocycles. The van der Waals surface area contributed by atoms with Crippen molar-refractivity contribution in [3.63, 3.8) is 0 Å². The van der Waals surface area contributed by atoms with Crippen LogP contribution in [0.3, 0.4) is 0 Å². The molecule has 8 heteroatoms. The van der Waals surface area contributed by atoms with Crippen LogP contribution in [0.2, 0.25) is 0 Å². The second-order valence-corrected chi connectivity index (χ2v) is 19.7. The van der Waals surface area contributed by atoms with E-state index < -0.39 is 0 Å². The van der Waals surface area contributed by atoms with E-state index in [1.807, 2.05) is 73.7 Å². The summed E-state index contributed by atoms with van der Waals surface area (Å²) in [6.07, 6.45) is 20.5. The van der Waals surface area contributed by atoms with E-state index in [0.717, 1.165) is 133 Å². The first-order valence-electron chi connectivity index (χ1n) is 26.1. The maximum absolute atomic E-state index is 5.07. The number of rotatable bonds is 11. The van der Waals surface area contributed by atoms with E-state index in [-0.39, 0.29) is 20.1 Å². The molecule has 0 fully saturated rings. The van der Waals surface area contributed by atoms with Gasteiger partial charge in [0.2, 0.25) is 0 Å². The van der Waals surface area contributed by atoms with Gasteiger partial charge in [0.1, 0.15) is 11.6 Å². The molecule has 5 aromatic heterocycles. The van der Waals surface area contributed by atoms with Crippen LogP contribution in [-0.2, 0) is 45.8 Å². The zero-order chi connectivity index (χ0) is 50.4. The fourth-order valence-corrected chi connectivity index (χ4v) is 11.2. The van der Waals surface area contributed by atoms with Crippen LogP contribution < -0.4 is 0 Å². The predicted molar refractivity (Wildman–Crippen MR) is 304 cm³/mol. The minimum Gasteiger partial charge on any atom is -0.341 e. The Labute approximate surface area is 462 Å². The number of fused-ring (bicyclic) bond motifs is 2. The number of imidazole rings is 2. The Kier molecular flexibility index (Phi) is 12.8. The number of pyridine rings is 3. The summed E-state index contributed by atoms with van der Waals surface area (Å²) in [5.41, 5.74) is 23.6. The van der Waals surface area contributed by atoms with E-state index >= 15 is 0 Å². The molecule has 0 saturated carbocycles. The first-order chi connectivity index (χ1) is 37.6. The minimum atomic E-state index is 0. The molecule has 0 N–H and O–H groups in total. The maximum Gasteiger partial charge on any atom is 3.00 e. The standard InChI is InChI=1S/C69H48N7.Ir/c1-2-10-46(11-3-1)47-19-21-48(22-20-47)64-41-53(65-18-6-7-33-70-65)27-32-63(64)62-17-5-4-16-61(62)56-38-57(68-71-34-36-75(68)59-28-23-49(24-29-59)66-42-51-12-8-14-54(51)44-73-66)40-58(39-56)69-72-35-37-76(69)60-30-25-50(26-31-60)67-43-52-13-9-15-55(52)45-74-67;/h1-7,10-11,16-23,25,28-45H,8-9,12-15H2;/q-3;+3. The molecule has 0 aliphatic heterocycles. The number of nitrogens with zero attached hydrogens (tertiary/aromatic N) is 7. The van der Waals surface area contributed by atoms with Gasteiger partial charge in [-0.1, -0.05) is 131 Å². The van der Waals surface area contributed by atoms with Gasteiger partial charge in [-0.15, -0.1) is 83.4 Å². The average Bonchev–Trinajstić information content (AvgIpc) is 4.36. The van der Waals surface area contributed by atoms with Crippen LogP contribution in [0.25, 0.3) is 112 Å². The number of aromatic nitrogens is 7. The van der Waals surface area contributed by atoms with Crippen molar-refractivity contribution in [3.05, 3.63) is 260 Å². The fraction of sp³-hybridized carbons (Fsp3) is 0.0870. The molecular formula is C69H48IrN7. The van der Waals surface area contributed by atoms with E-state index in [1.165, 1.54) is 40.7 Å². The van der Waals surface area contributed by atoms with Crippen molar-refractivity contribution >= 4 is 0 Å². The summed E-state index contributed by atoms with van der Waals surface area (Å²) in [4.78, 5) is 24.5. The molecule has 0 atom stereocenters. The monoisotopic (exact) mass is 1170 g/mol. The molecule has 368 valence electrons. The Morgan fingerprint density at radius 3 is 1.45 bits per heavy atom. The summed E-state index contributed by atoms with van der Waals surface area (Å²) >= 11 is 0. The van der Waals surface area contributed by atoms with Crippen LogP contribution in [0.4, 0.5) is 0 Å². The van der Waals surface area contributed by atoms with Crippen molar-refractivity contribution in [2.24, 2.45) is 0 Å². The SMILES string of the molecule is [Ir+3].[c-]1cc(-n2ccnc2-c2cc(-c3ccccc3-c3c[c-]c(-c4ccccn4)cc3-c3ccc(-c4ccccc4)cc3)cc(-c3nccn3-c3c[c-]c(-c4cc5c(cn4)CCC5)cc3)c2)ccc1-c1cc2c(cn1)CCC2. The summed E-state index contributed by atoms with van der Waals surface area (Å²) in [6, 6.07) is 73.0. The second kappa shape index (κ2) is 20.6. The number of aryl methyl sites for hydroxylation is 4. The molecule has 0 unspecified atom stereocenters. The van der Waals surface area contributed by atoms with Crippen molar-refractivity contribution in [2.75, 3.05) is 0 Å². The molecule has 12 aromatic rings. The van der Waals surface area contributed by atoms with Gasteiger partial charge in [-0.3, -0.25) is 0 Å². The molecule has 7 nitrogen and oxygen atoms in total. The summed E-state index contributed by atoms with van der Waals surface area (Å²) in [5.74, 6) is 1.59. The van der Waals surface area contributed by atoms with E-state index in [0.29, 0.717) is 0 Å². The van der Waals surface area contributed by atoms with Crippen molar-refractivity contribution in [1.82, 2.24) is 34.1 Å². The smallest absolute Gasteiger partial charge is 0.341 e. The molecule has 0 spiro atoms. The van der Waals surface area contributed by atoms with Crippen LogP contribution >= 0.6 is 0 Å². The number of hydrogen-bond donors (Lipinski definition) is 0. The Hall–Kier alpha value is -8.94. The Morgan fingerprint density at radius 2 is 0.870 bits per heavy atom. The summed E-state index contributed by atoms with van der Waals surface area (Å²) in [5, 5.41) is 0. The van der Waals surface area contributed by atoms with Gasteiger partial charge in [0.05, 0.1) is 0 Å². The van der Waals surface area contributed by atoms with Gasteiger partial charge in [0.25, 0.3) is 0 Å². The zero-order valence-electron chi connectivity index (χ0n) is 42.0. The first-order valence-corrected chi connectivity index (χ1v) is 26.1. The summed E-state index contributed by atoms with van der Waals surface area (Å²) in [7, 11) is 0. The van der Waals surface area contributed by atoms with Crippen LogP contribution in [0.5, 0.6) is 0 Å². The Balaban J connectivity index is 0.00000566. The van der Waals surface area contributed by atoms with Gasteiger partial charge in [0, 0.05) is 54.5 Å². The molecule has 2 aliphatic carbocycles. The van der Waals surface area contributed by atoms with Crippen molar-refractivity contribution in [2.45, 2.75) is 38.5 Å². The van der Waals surface area contributed by atoms with Crippen LogP contribution in [0.15, 0.2) is 219 Å². The second-order valence-electron chi connectivity index (χ2n) is 19.7. The topological polar surface area (TPSA) is 74.3 Å². The van der Waals surface area contributed by atoms with E-state index in [2.05, 4.69) is 173 Å². The van der Waals surface area contributed by atoms with Crippen LogP contribution in [0, 0.1) is 18.2 Å². The average molecular weight is 1170 g/mol. The third-order valence-corrected chi connectivity index (χ3v) is 15.1. The molecular weight excluding hydrogens is 1120 g/mol. The van der Waals surface area contributed by atoms with Crippen molar-refractivity contribution in [1.29, 1.82) is 0 Å². The molecule has 0 radical (unpaired) electrons. The number of hydrogen-bond acceptors (Lipinski definition) is 5. The third kappa shape index (κ3) is 9.26. The van der Waals surface area contributed by atoms with Gasteiger partial charge in [0.15, 0.2) is 0 Å². The van der Waals surface area contributed by atoms with E-state index in [1.54, 1.807) is 0 Å². The molecule has 5 heterocycles. The van der Waals surface area contributed by atoms with Crippen LogP contribution in [-0.4, -0.2) is 34.1 Å². The molecule has 77 heavy (non-hydrogen) atoms. The molecule has 0 bridgehead atoms. The van der Waals surface area contributed by atoms with Gasteiger partial charge in [-0.05, 0) is 130 Å². The third-order valence-electron chi connectivity index (χ3n) is 15.1. The van der Waals surface area contributed by atoms with Crippen molar-refractivity contribution < 1.29 is 20.1 Å². The molecule has 2 aliphatic rings. The van der Waals surface area contributed by atoms with E-state index in [4.69, 9.17) is 24.9 Å². The van der Waals surface area contributed by atoms with E-state index in [9.17, 15) is 0 Å². The van der Waals surface area contributed by atoms with Crippen molar-refractivity contribution in [3.8, 4) is 112 Å². The number of benzene rings is 7. The largest absolute Gasteiger partial charge is 3.00 e. The molecule has 14 rings (SSSR count).